The van der Waals surface area contributed by atoms with Crippen LogP contribution < -0.4 is 0 Å². The second kappa shape index (κ2) is 5.95. The van der Waals surface area contributed by atoms with Crippen LogP contribution in [0.5, 0.6) is 0 Å². The van der Waals surface area contributed by atoms with E-state index in [1.54, 1.807) is 0 Å². The lowest BCUT2D eigenvalue weighted by atomic mass is 10.0. The van der Waals surface area contributed by atoms with Crippen LogP contribution >= 0.6 is 11.6 Å². The van der Waals surface area contributed by atoms with Gasteiger partial charge in [0, 0.05) is 11.6 Å². The van der Waals surface area contributed by atoms with Crippen LogP contribution in [-0.4, -0.2) is 0 Å². The van der Waals surface area contributed by atoms with Crippen molar-refractivity contribution >= 4 is 11.6 Å². The van der Waals surface area contributed by atoms with E-state index in [1.165, 1.54) is 11.1 Å². The Morgan fingerprint density at radius 1 is 0.938 bits per heavy atom. The Balaban J connectivity index is 0.000000606. The Labute approximate surface area is 101 Å². The summed E-state index contributed by atoms with van der Waals surface area (Å²) in [5, 5.41) is 7.33. The quantitative estimate of drug-likeness (QED) is 0.709. The first-order valence-electron chi connectivity index (χ1n) is 4.85. The number of benzene rings is 2. The van der Waals surface area contributed by atoms with Crippen LogP contribution in [-0.2, 0) is 0 Å². The molecule has 0 spiro atoms. The zero-order valence-corrected chi connectivity index (χ0v) is 9.78. The largest absolute Gasteiger partial charge is 0.202 e. The van der Waals surface area contributed by atoms with Crippen LogP contribution in [0.3, 0.4) is 0 Å². The molecule has 0 aliphatic heterocycles. The van der Waals surface area contributed by atoms with Gasteiger partial charge in [-0.05, 0) is 29.7 Å². The standard InChI is InChI=1S/C13H11Cl.CHN/c1-10-7-8-12(9-13(10)14)11-5-3-2-4-6-11;1-2/h2-9H,1H3;1H. The molecule has 0 amide bonds. The Morgan fingerprint density at radius 2 is 1.56 bits per heavy atom. The van der Waals surface area contributed by atoms with E-state index in [4.69, 9.17) is 16.9 Å². The Morgan fingerprint density at radius 3 is 2.12 bits per heavy atom. The number of hydrogen-bond acceptors (Lipinski definition) is 1. The van der Waals surface area contributed by atoms with Crippen LogP contribution in [0.1, 0.15) is 5.56 Å². The highest BCUT2D eigenvalue weighted by molar-refractivity contribution is 6.31. The van der Waals surface area contributed by atoms with Crippen LogP contribution in [0.2, 0.25) is 5.02 Å². The normalized spacial score (nSPS) is 9.00. The molecule has 0 aromatic heterocycles. The van der Waals surface area contributed by atoms with Gasteiger partial charge in [0.1, 0.15) is 0 Å². The van der Waals surface area contributed by atoms with Crippen LogP contribution in [0.25, 0.3) is 11.1 Å². The van der Waals surface area contributed by atoms with Gasteiger partial charge in [-0.3, -0.25) is 0 Å². The van der Waals surface area contributed by atoms with Gasteiger partial charge in [-0.2, -0.15) is 0 Å². The summed E-state index contributed by atoms with van der Waals surface area (Å²) in [6.07, 6.45) is 0. The highest BCUT2D eigenvalue weighted by atomic mass is 35.5. The maximum Gasteiger partial charge on any atom is 0.0462 e. The highest BCUT2D eigenvalue weighted by Gasteiger charge is 1.99. The molecule has 16 heavy (non-hydrogen) atoms. The first-order valence-corrected chi connectivity index (χ1v) is 5.22. The van der Waals surface area contributed by atoms with Crippen LogP contribution in [0.4, 0.5) is 0 Å². The van der Waals surface area contributed by atoms with Crippen molar-refractivity contribution in [3.63, 3.8) is 0 Å². The molecule has 0 heterocycles. The number of halogens is 1. The van der Waals surface area contributed by atoms with Gasteiger partial charge in [0.25, 0.3) is 0 Å². The molecule has 0 N–H and O–H groups in total. The van der Waals surface area contributed by atoms with Gasteiger partial charge in [0.05, 0.1) is 0 Å². The van der Waals surface area contributed by atoms with E-state index in [9.17, 15) is 0 Å². The van der Waals surface area contributed by atoms with Gasteiger partial charge in [-0.25, -0.2) is 5.26 Å². The Hall–Kier alpha value is -1.78. The molecule has 1 nitrogen and oxygen atoms in total. The SMILES string of the molecule is C#N.Cc1ccc(-c2ccccc2)cc1Cl. The third kappa shape index (κ3) is 2.85. The van der Waals surface area contributed by atoms with E-state index in [0.717, 1.165) is 10.6 Å². The van der Waals surface area contributed by atoms with Crippen molar-refractivity contribution < 1.29 is 0 Å². The predicted octanol–water partition coefficient (Wildman–Crippen LogP) is 4.46. The summed E-state index contributed by atoms with van der Waals surface area (Å²) in [6.45, 7) is 5.51. The number of nitriles is 1. The summed E-state index contributed by atoms with van der Waals surface area (Å²) >= 11 is 6.06. The lowest BCUT2D eigenvalue weighted by Gasteiger charge is -2.03. The third-order valence-corrected chi connectivity index (χ3v) is 2.69. The van der Waals surface area contributed by atoms with E-state index in [0.29, 0.717) is 0 Å². The van der Waals surface area contributed by atoms with E-state index in [2.05, 4.69) is 24.8 Å². The number of rotatable bonds is 1. The minimum atomic E-state index is 0.825. The fourth-order valence-corrected chi connectivity index (χ4v) is 1.58. The fourth-order valence-electron chi connectivity index (χ4n) is 1.40. The lowest BCUT2D eigenvalue weighted by molar-refractivity contribution is 1.47. The van der Waals surface area contributed by atoms with Crippen LogP contribution in [0, 0.1) is 18.8 Å². The van der Waals surface area contributed by atoms with Gasteiger partial charge < -0.3 is 0 Å². The van der Waals surface area contributed by atoms with Gasteiger partial charge >= 0.3 is 0 Å². The molecule has 2 aromatic carbocycles. The monoisotopic (exact) mass is 229 g/mol. The van der Waals surface area contributed by atoms with E-state index in [-0.39, 0.29) is 0 Å². The molecule has 0 aliphatic carbocycles. The minimum Gasteiger partial charge on any atom is -0.202 e. The molecule has 0 bridgehead atoms. The minimum absolute atomic E-state index is 0.825. The smallest absolute Gasteiger partial charge is 0.0462 e. The molecule has 80 valence electrons. The highest BCUT2D eigenvalue weighted by Crippen LogP contribution is 2.24. The molecule has 2 heteroatoms. The molecule has 0 atom stereocenters. The molecule has 0 radical (unpaired) electrons. The van der Waals surface area contributed by atoms with Crippen molar-refractivity contribution in [3.8, 4) is 17.7 Å². The lowest BCUT2D eigenvalue weighted by Crippen LogP contribution is -1.79. The van der Waals surface area contributed by atoms with Crippen LogP contribution in [0.15, 0.2) is 48.5 Å². The number of aryl methyl sites for hydroxylation is 1. The maximum absolute atomic E-state index is 6.50. The topological polar surface area (TPSA) is 23.8 Å². The average Bonchev–Trinajstić information content (AvgIpc) is 2.36. The second-order valence-electron chi connectivity index (χ2n) is 3.33. The van der Waals surface area contributed by atoms with E-state index < -0.39 is 0 Å². The Bertz CT molecular complexity index is 475. The molecule has 0 fully saturated rings. The number of nitrogens with zero attached hydrogens (tertiary/aromatic N) is 1. The maximum atomic E-state index is 6.50. The zero-order valence-electron chi connectivity index (χ0n) is 9.02. The molecule has 0 aliphatic rings. The van der Waals surface area contributed by atoms with Crippen molar-refractivity contribution in [2.24, 2.45) is 0 Å². The van der Waals surface area contributed by atoms with Gasteiger partial charge in [0.15, 0.2) is 0 Å². The average molecular weight is 230 g/mol. The van der Waals surface area contributed by atoms with Gasteiger partial charge in [0.2, 0.25) is 0 Å². The third-order valence-electron chi connectivity index (χ3n) is 2.28. The first-order chi connectivity index (χ1) is 7.77. The summed E-state index contributed by atoms with van der Waals surface area (Å²) in [5.74, 6) is 0. The summed E-state index contributed by atoms with van der Waals surface area (Å²) in [7, 11) is 0. The molecule has 2 rings (SSSR count). The summed E-state index contributed by atoms with van der Waals surface area (Å²) in [6, 6.07) is 16.4. The molecule has 2 aromatic rings. The zero-order chi connectivity index (χ0) is 12.0. The summed E-state index contributed by atoms with van der Waals surface area (Å²) < 4.78 is 0. The molecular formula is C14H12ClN. The second-order valence-corrected chi connectivity index (χ2v) is 3.74. The van der Waals surface area contributed by atoms with Crippen molar-refractivity contribution in [1.29, 1.82) is 5.26 Å². The molecule has 0 unspecified atom stereocenters. The van der Waals surface area contributed by atoms with Crippen molar-refractivity contribution in [2.75, 3.05) is 0 Å². The van der Waals surface area contributed by atoms with Gasteiger partial charge in [-0.15, -0.1) is 0 Å². The first kappa shape index (κ1) is 12.3. The van der Waals surface area contributed by atoms with E-state index in [1.807, 2.05) is 37.3 Å². The van der Waals surface area contributed by atoms with Crippen molar-refractivity contribution in [1.82, 2.24) is 0 Å². The fraction of sp³-hybridized carbons (Fsp3) is 0.0714. The summed E-state index contributed by atoms with van der Waals surface area (Å²) in [5.41, 5.74) is 3.49. The van der Waals surface area contributed by atoms with Gasteiger partial charge in [-0.1, -0.05) is 54.1 Å². The van der Waals surface area contributed by atoms with Crippen molar-refractivity contribution in [3.05, 3.63) is 59.1 Å². The predicted molar refractivity (Wildman–Crippen MR) is 68.3 cm³/mol. The molecule has 0 saturated carbocycles. The Kier molecular flexibility index (Phi) is 4.57. The molecular weight excluding hydrogens is 218 g/mol. The number of hydrogen-bond donors (Lipinski definition) is 0. The van der Waals surface area contributed by atoms with E-state index >= 15 is 0 Å². The summed E-state index contributed by atoms with van der Waals surface area (Å²) in [4.78, 5) is 0. The van der Waals surface area contributed by atoms with Crippen molar-refractivity contribution in [2.45, 2.75) is 6.92 Å². The molecule has 0 saturated heterocycles.